The van der Waals surface area contributed by atoms with E-state index in [2.05, 4.69) is 9.97 Å². The molecule has 0 unspecified atom stereocenters. The minimum Gasteiger partial charge on any atom is -0.455 e. The molecular formula is C21H29N5O5. The maximum absolute atomic E-state index is 12.9. The zero-order valence-corrected chi connectivity index (χ0v) is 18.1. The van der Waals surface area contributed by atoms with Crippen molar-refractivity contribution in [2.24, 2.45) is 0 Å². The van der Waals surface area contributed by atoms with E-state index in [4.69, 9.17) is 10.5 Å². The maximum Gasteiger partial charge on any atom is 0.330 e. The average molecular weight is 431 g/mol. The molecule has 0 saturated carbocycles. The molecule has 10 nitrogen and oxygen atoms in total. The van der Waals surface area contributed by atoms with E-state index in [0.29, 0.717) is 24.9 Å². The summed E-state index contributed by atoms with van der Waals surface area (Å²) in [7, 11) is 0. The highest BCUT2D eigenvalue weighted by Crippen LogP contribution is 2.18. The van der Waals surface area contributed by atoms with E-state index < -0.39 is 29.7 Å². The van der Waals surface area contributed by atoms with E-state index in [-0.39, 0.29) is 24.5 Å². The summed E-state index contributed by atoms with van der Waals surface area (Å²) in [5.41, 5.74) is 6.09. The van der Waals surface area contributed by atoms with Crippen LogP contribution in [0.1, 0.15) is 44.4 Å². The molecule has 3 N–H and O–H groups in total. The molecule has 168 valence electrons. The van der Waals surface area contributed by atoms with Gasteiger partial charge in [-0.2, -0.15) is 0 Å². The van der Waals surface area contributed by atoms with Crippen molar-refractivity contribution in [2.75, 3.05) is 23.8 Å². The molecule has 0 saturated heterocycles. The predicted molar refractivity (Wildman–Crippen MR) is 117 cm³/mol. The number of hydrogen-bond acceptors (Lipinski definition) is 7. The summed E-state index contributed by atoms with van der Waals surface area (Å²) < 4.78 is 6.34. The topological polar surface area (TPSA) is 140 Å². The lowest BCUT2D eigenvalue weighted by Gasteiger charge is -2.24. The number of amides is 1. The number of H-pyrrole nitrogens is 1. The number of anilines is 2. The Hall–Kier alpha value is -3.43. The van der Waals surface area contributed by atoms with Crippen LogP contribution < -0.4 is 21.9 Å². The molecule has 0 fully saturated rings. The predicted octanol–water partition coefficient (Wildman–Crippen LogP) is 1.15. The van der Waals surface area contributed by atoms with Gasteiger partial charge in [-0.15, -0.1) is 0 Å². The maximum atomic E-state index is 12.9. The summed E-state index contributed by atoms with van der Waals surface area (Å²) in [6, 6.07) is 3.54. The van der Waals surface area contributed by atoms with Crippen LogP contribution in [0.4, 0.5) is 11.5 Å². The van der Waals surface area contributed by atoms with Crippen molar-refractivity contribution in [3.05, 3.63) is 50.4 Å². The molecule has 0 aliphatic rings. The number of carbonyl (C=O) groups is 2. The third-order valence-corrected chi connectivity index (χ3v) is 4.65. The van der Waals surface area contributed by atoms with Crippen molar-refractivity contribution in [3.63, 3.8) is 0 Å². The smallest absolute Gasteiger partial charge is 0.330 e. The van der Waals surface area contributed by atoms with Crippen LogP contribution in [-0.4, -0.2) is 39.6 Å². The number of nitrogens with zero attached hydrogens (tertiary/aromatic N) is 3. The number of aromatic amines is 1. The Labute approximate surface area is 180 Å². The molecule has 2 rings (SSSR count). The van der Waals surface area contributed by atoms with Gasteiger partial charge < -0.3 is 15.4 Å². The molecule has 2 heterocycles. The molecule has 1 amide bonds. The number of nitrogen functional groups attached to an aromatic ring is 1. The molecule has 0 aliphatic heterocycles. The number of nitrogens with one attached hydrogen (secondary N) is 1. The van der Waals surface area contributed by atoms with Gasteiger partial charge in [0, 0.05) is 25.0 Å². The zero-order valence-electron chi connectivity index (χ0n) is 18.1. The Morgan fingerprint density at radius 3 is 2.58 bits per heavy atom. The summed E-state index contributed by atoms with van der Waals surface area (Å²) in [6.07, 6.45) is 3.52. The van der Waals surface area contributed by atoms with E-state index in [1.165, 1.54) is 9.47 Å². The van der Waals surface area contributed by atoms with Gasteiger partial charge in [0.25, 0.3) is 11.5 Å². The second-order valence-electron chi connectivity index (χ2n) is 7.19. The van der Waals surface area contributed by atoms with Gasteiger partial charge in [0.15, 0.2) is 12.3 Å². The van der Waals surface area contributed by atoms with E-state index in [1.54, 1.807) is 18.3 Å². The van der Waals surface area contributed by atoms with E-state index in [0.717, 1.165) is 12.1 Å². The number of aromatic nitrogens is 3. The van der Waals surface area contributed by atoms with E-state index >= 15 is 0 Å². The Balaban J connectivity index is 2.20. The molecule has 0 aliphatic carbocycles. The lowest BCUT2D eigenvalue weighted by atomic mass is 10.2. The molecule has 31 heavy (non-hydrogen) atoms. The fourth-order valence-electron chi connectivity index (χ4n) is 3.00. The number of aryl methyl sites for hydroxylation is 1. The van der Waals surface area contributed by atoms with Gasteiger partial charge in [0.1, 0.15) is 5.82 Å². The zero-order chi connectivity index (χ0) is 23.0. The van der Waals surface area contributed by atoms with Crippen LogP contribution in [0.2, 0.25) is 0 Å². The SMILES string of the molecule is CCCCN(C(=O)COC(=O)Cc1ccc(C)nc1)c1c(N)n(CCC)c(=O)[nH]c1=O. The number of esters is 1. The van der Waals surface area contributed by atoms with Crippen molar-refractivity contribution < 1.29 is 14.3 Å². The lowest BCUT2D eigenvalue weighted by Crippen LogP contribution is -2.43. The van der Waals surface area contributed by atoms with Crippen LogP contribution >= 0.6 is 0 Å². The summed E-state index contributed by atoms with van der Waals surface area (Å²) in [6.45, 7) is 5.58. The normalized spacial score (nSPS) is 10.7. The van der Waals surface area contributed by atoms with Crippen LogP contribution in [0.25, 0.3) is 0 Å². The third kappa shape index (κ3) is 6.27. The monoisotopic (exact) mass is 431 g/mol. The Morgan fingerprint density at radius 2 is 1.97 bits per heavy atom. The van der Waals surface area contributed by atoms with Gasteiger partial charge in [-0.3, -0.25) is 28.9 Å². The van der Waals surface area contributed by atoms with Gasteiger partial charge in [0.05, 0.1) is 6.42 Å². The summed E-state index contributed by atoms with van der Waals surface area (Å²) in [4.78, 5) is 57.0. The summed E-state index contributed by atoms with van der Waals surface area (Å²) >= 11 is 0. The van der Waals surface area contributed by atoms with Gasteiger partial charge in [0.2, 0.25) is 0 Å². The van der Waals surface area contributed by atoms with Crippen molar-refractivity contribution in [3.8, 4) is 0 Å². The number of unbranched alkanes of at least 4 members (excludes halogenated alkanes) is 1. The molecule has 0 spiro atoms. The second-order valence-corrected chi connectivity index (χ2v) is 7.19. The first-order chi connectivity index (χ1) is 14.8. The van der Waals surface area contributed by atoms with Gasteiger partial charge in [-0.1, -0.05) is 26.3 Å². The number of nitrogens with two attached hydrogens (primary N) is 1. The number of ether oxygens (including phenoxy) is 1. The first-order valence-corrected chi connectivity index (χ1v) is 10.3. The number of pyridine rings is 1. The first-order valence-electron chi connectivity index (χ1n) is 10.3. The summed E-state index contributed by atoms with van der Waals surface area (Å²) in [5.74, 6) is -1.27. The second kappa shape index (κ2) is 11.1. The van der Waals surface area contributed by atoms with Gasteiger partial charge >= 0.3 is 11.7 Å². The molecule has 0 radical (unpaired) electrons. The molecule has 0 aromatic carbocycles. The van der Waals surface area contributed by atoms with Gasteiger partial charge in [-0.05, 0) is 31.4 Å². The number of rotatable bonds is 10. The largest absolute Gasteiger partial charge is 0.455 e. The summed E-state index contributed by atoms with van der Waals surface area (Å²) in [5, 5.41) is 0. The Bertz CT molecular complexity index is 1030. The minimum absolute atomic E-state index is 0.0282. The van der Waals surface area contributed by atoms with Crippen LogP contribution in [0.5, 0.6) is 0 Å². The standard InChI is InChI=1S/C21H29N5O5/c1-4-6-10-25(18-19(22)26(9-5-2)21(30)24-20(18)29)16(27)13-31-17(28)11-15-8-7-14(3)23-12-15/h7-8,12H,4-6,9-11,13,22H2,1-3H3,(H,24,29,30). The molecule has 2 aromatic heterocycles. The van der Waals surface area contributed by atoms with Gasteiger partial charge in [-0.25, -0.2) is 4.79 Å². The molecule has 10 heteroatoms. The first kappa shape index (κ1) is 23.8. The van der Waals surface area contributed by atoms with Crippen LogP contribution in [0.15, 0.2) is 27.9 Å². The van der Waals surface area contributed by atoms with Crippen molar-refractivity contribution >= 4 is 23.4 Å². The molecule has 2 aromatic rings. The number of hydrogen-bond donors (Lipinski definition) is 2. The lowest BCUT2D eigenvalue weighted by molar-refractivity contribution is -0.147. The van der Waals surface area contributed by atoms with Crippen molar-refractivity contribution in [1.82, 2.24) is 14.5 Å². The van der Waals surface area contributed by atoms with Crippen LogP contribution in [0.3, 0.4) is 0 Å². The highest BCUT2D eigenvalue weighted by molar-refractivity contribution is 5.97. The highest BCUT2D eigenvalue weighted by atomic mass is 16.5. The molecule has 0 atom stereocenters. The Kier molecular flexibility index (Phi) is 8.53. The average Bonchev–Trinajstić information content (AvgIpc) is 2.73. The molecule has 0 bridgehead atoms. The third-order valence-electron chi connectivity index (χ3n) is 4.65. The van der Waals surface area contributed by atoms with Crippen molar-refractivity contribution in [2.45, 2.75) is 53.0 Å². The number of carbonyl (C=O) groups excluding carboxylic acids is 2. The van der Waals surface area contributed by atoms with Crippen LogP contribution in [0, 0.1) is 6.92 Å². The Morgan fingerprint density at radius 1 is 1.23 bits per heavy atom. The van der Waals surface area contributed by atoms with E-state index in [9.17, 15) is 19.2 Å². The fourth-order valence-corrected chi connectivity index (χ4v) is 3.00. The highest BCUT2D eigenvalue weighted by Gasteiger charge is 2.24. The van der Waals surface area contributed by atoms with E-state index in [1.807, 2.05) is 20.8 Å². The minimum atomic E-state index is -0.753. The van der Waals surface area contributed by atoms with Crippen LogP contribution in [-0.2, 0) is 27.3 Å². The van der Waals surface area contributed by atoms with Crippen molar-refractivity contribution in [1.29, 1.82) is 0 Å². The quantitative estimate of drug-likeness (QED) is 0.538. The fraction of sp³-hybridized carbons (Fsp3) is 0.476. The molecular weight excluding hydrogens is 402 g/mol.